The molecular formula is C26H34N6O5S. The molecule has 0 spiro atoms. The molecule has 11 nitrogen and oxygen atoms in total. The highest BCUT2D eigenvalue weighted by molar-refractivity contribution is 7.13. The molecule has 0 unspecified atom stereocenters. The molecule has 1 amide bonds. The molecule has 3 aromatic heterocycles. The lowest BCUT2D eigenvalue weighted by Gasteiger charge is -2.22. The van der Waals surface area contributed by atoms with Crippen molar-refractivity contribution in [2.75, 3.05) is 31.8 Å². The molecule has 38 heavy (non-hydrogen) atoms. The van der Waals surface area contributed by atoms with Crippen LogP contribution in [0.15, 0.2) is 29.9 Å². The normalized spacial score (nSPS) is 14.4. The van der Waals surface area contributed by atoms with E-state index >= 15 is 0 Å². The number of aromatic nitrogens is 4. The van der Waals surface area contributed by atoms with E-state index in [2.05, 4.69) is 25.7 Å². The number of hydrogen-bond donors (Lipinski definition) is 3. The number of carbonyl (C=O) groups is 2. The summed E-state index contributed by atoms with van der Waals surface area (Å²) in [5.41, 5.74) is 1.66. The summed E-state index contributed by atoms with van der Waals surface area (Å²) in [6, 6.07) is 3.88. The zero-order chi connectivity index (χ0) is 27.1. The number of pyridine rings is 1. The fourth-order valence-corrected chi connectivity index (χ4v) is 4.81. The van der Waals surface area contributed by atoms with E-state index in [0.717, 1.165) is 36.9 Å². The molecular weight excluding hydrogens is 508 g/mol. The Morgan fingerprint density at radius 3 is 2.82 bits per heavy atom. The van der Waals surface area contributed by atoms with Crippen LogP contribution < -0.4 is 10.6 Å². The summed E-state index contributed by atoms with van der Waals surface area (Å²) in [6.07, 6.45) is 6.53. The van der Waals surface area contributed by atoms with E-state index in [0.29, 0.717) is 24.8 Å². The van der Waals surface area contributed by atoms with E-state index < -0.39 is 17.5 Å². The number of ether oxygens (including phenoxy) is 2. The highest BCUT2D eigenvalue weighted by Crippen LogP contribution is 2.28. The maximum atomic E-state index is 13.2. The second kappa shape index (κ2) is 12.6. The van der Waals surface area contributed by atoms with Crippen molar-refractivity contribution in [2.45, 2.75) is 58.1 Å². The lowest BCUT2D eigenvalue weighted by atomic mass is 10.1. The van der Waals surface area contributed by atoms with Gasteiger partial charge in [0, 0.05) is 42.2 Å². The van der Waals surface area contributed by atoms with Crippen LogP contribution in [0.4, 0.5) is 5.69 Å². The summed E-state index contributed by atoms with van der Waals surface area (Å²) in [6.45, 7) is 7.23. The quantitative estimate of drug-likeness (QED) is 0.200. The van der Waals surface area contributed by atoms with E-state index in [1.54, 1.807) is 43.2 Å². The van der Waals surface area contributed by atoms with Crippen LogP contribution in [0.1, 0.15) is 72.7 Å². The number of amides is 1. The van der Waals surface area contributed by atoms with Crippen LogP contribution in [0.3, 0.4) is 0 Å². The van der Waals surface area contributed by atoms with Crippen LogP contribution in [0.25, 0.3) is 10.6 Å². The van der Waals surface area contributed by atoms with Crippen molar-refractivity contribution in [3.8, 4) is 10.6 Å². The minimum absolute atomic E-state index is 0.0486. The maximum absolute atomic E-state index is 13.2. The number of aliphatic hydroxyl groups excluding tert-OH is 1. The molecule has 1 saturated heterocycles. The molecule has 0 saturated carbocycles. The van der Waals surface area contributed by atoms with E-state index in [9.17, 15) is 9.59 Å². The lowest BCUT2D eigenvalue weighted by Crippen LogP contribution is -2.25. The molecule has 4 rings (SSSR count). The number of anilines is 1. The average Bonchev–Trinajstić information content (AvgIpc) is 3.55. The predicted octanol–water partition coefficient (Wildman–Crippen LogP) is 3.43. The van der Waals surface area contributed by atoms with E-state index in [4.69, 9.17) is 14.6 Å². The van der Waals surface area contributed by atoms with E-state index in [-0.39, 0.29) is 29.8 Å². The molecule has 3 N–H and O–H groups in total. The van der Waals surface area contributed by atoms with Crippen LogP contribution in [0, 0.1) is 0 Å². The van der Waals surface area contributed by atoms with Gasteiger partial charge in [0.15, 0.2) is 5.69 Å². The van der Waals surface area contributed by atoms with Crippen molar-refractivity contribution in [1.29, 1.82) is 0 Å². The van der Waals surface area contributed by atoms with Gasteiger partial charge in [0.25, 0.3) is 5.91 Å². The van der Waals surface area contributed by atoms with Crippen LogP contribution in [-0.2, 0) is 15.9 Å². The van der Waals surface area contributed by atoms with Gasteiger partial charge < -0.3 is 19.9 Å². The zero-order valence-electron chi connectivity index (χ0n) is 21.9. The highest BCUT2D eigenvalue weighted by atomic mass is 32.1. The molecule has 1 aliphatic heterocycles. The zero-order valence-corrected chi connectivity index (χ0v) is 22.7. The van der Waals surface area contributed by atoms with Gasteiger partial charge in [-0.3, -0.25) is 19.8 Å². The summed E-state index contributed by atoms with van der Waals surface area (Å²) >= 11 is 1.36. The van der Waals surface area contributed by atoms with Crippen molar-refractivity contribution in [3.05, 3.63) is 47.0 Å². The topological polar surface area (TPSA) is 140 Å². The van der Waals surface area contributed by atoms with Crippen LogP contribution in [0.5, 0.6) is 0 Å². The third kappa shape index (κ3) is 7.44. The first kappa shape index (κ1) is 27.8. The average molecular weight is 543 g/mol. The van der Waals surface area contributed by atoms with Gasteiger partial charge in [0.05, 0.1) is 18.5 Å². The number of hydrogen-bond acceptors (Lipinski definition) is 10. The van der Waals surface area contributed by atoms with Gasteiger partial charge >= 0.3 is 5.97 Å². The van der Waals surface area contributed by atoms with Crippen molar-refractivity contribution in [1.82, 2.24) is 25.1 Å². The van der Waals surface area contributed by atoms with Gasteiger partial charge in [-0.2, -0.15) is 5.10 Å². The maximum Gasteiger partial charge on any atom is 0.361 e. The van der Waals surface area contributed by atoms with E-state index in [1.165, 1.54) is 11.3 Å². The number of aryl methyl sites for hydroxylation is 1. The molecule has 4 heterocycles. The molecule has 0 bridgehead atoms. The Kier molecular flexibility index (Phi) is 9.21. The first-order valence-corrected chi connectivity index (χ1v) is 13.6. The van der Waals surface area contributed by atoms with Crippen LogP contribution in [0.2, 0.25) is 0 Å². The fourth-order valence-electron chi connectivity index (χ4n) is 4.02. The van der Waals surface area contributed by atoms with Crippen LogP contribution >= 0.6 is 11.3 Å². The lowest BCUT2D eigenvalue weighted by molar-refractivity contribution is 0.00619. The summed E-state index contributed by atoms with van der Waals surface area (Å²) in [5, 5.41) is 21.4. The fraction of sp³-hybridized carbons (Fsp3) is 0.500. The van der Waals surface area contributed by atoms with Gasteiger partial charge in [-0.05, 0) is 65.1 Å². The van der Waals surface area contributed by atoms with Crippen molar-refractivity contribution in [2.24, 2.45) is 0 Å². The Balaban J connectivity index is 1.50. The van der Waals surface area contributed by atoms with Crippen molar-refractivity contribution < 1.29 is 24.2 Å². The molecule has 12 heteroatoms. The highest BCUT2D eigenvalue weighted by Gasteiger charge is 2.28. The van der Waals surface area contributed by atoms with Crippen LogP contribution in [-0.4, -0.2) is 68.8 Å². The molecule has 0 atom stereocenters. The van der Waals surface area contributed by atoms with Gasteiger partial charge in [-0.15, -0.1) is 11.3 Å². The third-order valence-corrected chi connectivity index (χ3v) is 6.73. The first-order chi connectivity index (χ1) is 18.2. The number of aliphatic hydroxyl groups is 1. The number of esters is 1. The Labute approximate surface area is 225 Å². The Morgan fingerprint density at radius 2 is 2.08 bits per heavy atom. The smallest absolute Gasteiger partial charge is 0.361 e. The molecule has 3 aromatic rings. The van der Waals surface area contributed by atoms with Gasteiger partial charge in [-0.1, -0.05) is 0 Å². The number of carbonyl (C=O) groups excluding carboxylic acids is 2. The standard InChI is InChI=1S/C26H34N6O5S/c1-26(2,3)37-25(35)22-20(14-32(31-22)19-7-11-36-12-8-19)29-23(34)21-15-38-24(30-21)17-6-10-28-18(13-17)5-4-9-27-16-33/h6,10,13-15,19,27,33H,4-5,7-9,11-12,16H2,1-3H3,(H,29,34). The molecule has 204 valence electrons. The minimum atomic E-state index is -0.705. The summed E-state index contributed by atoms with van der Waals surface area (Å²) in [4.78, 5) is 35.0. The number of thiazole rings is 1. The SMILES string of the molecule is CC(C)(C)OC(=O)c1nn(C2CCOCC2)cc1NC(=O)c1csc(-c2ccnc(CCCNCO)c2)n1. The molecule has 0 radical (unpaired) electrons. The monoisotopic (exact) mass is 542 g/mol. The summed E-state index contributed by atoms with van der Waals surface area (Å²) in [7, 11) is 0. The Morgan fingerprint density at radius 1 is 1.29 bits per heavy atom. The molecule has 1 fully saturated rings. The van der Waals surface area contributed by atoms with Crippen molar-refractivity contribution in [3.63, 3.8) is 0 Å². The largest absolute Gasteiger partial charge is 0.455 e. The second-order valence-electron chi connectivity index (χ2n) is 10.0. The molecule has 0 aliphatic carbocycles. The third-order valence-electron chi connectivity index (χ3n) is 5.84. The van der Waals surface area contributed by atoms with E-state index in [1.807, 2.05) is 12.1 Å². The van der Waals surface area contributed by atoms with Gasteiger partial charge in [0.1, 0.15) is 16.3 Å². The number of rotatable bonds is 10. The second-order valence-corrected chi connectivity index (χ2v) is 10.9. The summed E-state index contributed by atoms with van der Waals surface area (Å²) in [5.74, 6) is -1.04. The van der Waals surface area contributed by atoms with Gasteiger partial charge in [-0.25, -0.2) is 9.78 Å². The van der Waals surface area contributed by atoms with Gasteiger partial charge in [0.2, 0.25) is 0 Å². The van der Waals surface area contributed by atoms with Crippen molar-refractivity contribution >= 4 is 28.9 Å². The minimum Gasteiger partial charge on any atom is -0.455 e. The summed E-state index contributed by atoms with van der Waals surface area (Å²) < 4.78 is 12.7. The molecule has 1 aliphatic rings. The first-order valence-electron chi connectivity index (χ1n) is 12.7. The number of nitrogens with zero attached hydrogens (tertiary/aromatic N) is 4. The Bertz CT molecular complexity index is 1240. The molecule has 0 aromatic carbocycles. The number of nitrogens with one attached hydrogen (secondary N) is 2. The Hall–Kier alpha value is -3.19. The predicted molar refractivity (Wildman–Crippen MR) is 143 cm³/mol.